The lowest BCUT2D eigenvalue weighted by atomic mass is 9.95. The maximum absolute atomic E-state index is 12.7. The molecule has 8 heteroatoms. The Morgan fingerprint density at radius 3 is 2.58 bits per heavy atom. The van der Waals surface area contributed by atoms with Crippen LogP contribution < -0.4 is 14.8 Å². The Hall–Kier alpha value is -4.07. The number of aromatic nitrogens is 2. The van der Waals surface area contributed by atoms with Crippen molar-refractivity contribution in [3.8, 4) is 17.2 Å². The van der Waals surface area contributed by atoms with Crippen LogP contribution in [-0.2, 0) is 9.59 Å². The summed E-state index contributed by atoms with van der Waals surface area (Å²) in [5, 5.41) is 2.95. The summed E-state index contributed by atoms with van der Waals surface area (Å²) in [6, 6.07) is 13.3. The lowest BCUT2D eigenvalue weighted by Crippen LogP contribution is -2.40. The second kappa shape index (κ2) is 9.20. The van der Waals surface area contributed by atoms with Crippen molar-refractivity contribution >= 4 is 23.6 Å². The maximum atomic E-state index is 12.7. The van der Waals surface area contributed by atoms with Crippen LogP contribution in [0.1, 0.15) is 18.4 Å². The first-order chi connectivity index (χ1) is 16.2. The van der Waals surface area contributed by atoms with Gasteiger partial charge in [-0.3, -0.25) is 9.59 Å². The van der Waals surface area contributed by atoms with Gasteiger partial charge in [0.2, 0.25) is 18.6 Å². The van der Waals surface area contributed by atoms with Crippen molar-refractivity contribution in [1.82, 2.24) is 14.5 Å². The third kappa shape index (κ3) is 4.74. The molecule has 0 spiro atoms. The molecule has 0 atom stereocenters. The van der Waals surface area contributed by atoms with Crippen molar-refractivity contribution in [3.63, 3.8) is 0 Å². The van der Waals surface area contributed by atoms with Crippen LogP contribution in [0.25, 0.3) is 11.8 Å². The molecular formula is C25H24N4O4. The Labute approximate surface area is 191 Å². The van der Waals surface area contributed by atoms with Crippen molar-refractivity contribution in [2.45, 2.75) is 12.8 Å². The molecule has 1 fully saturated rings. The van der Waals surface area contributed by atoms with Gasteiger partial charge in [-0.25, -0.2) is 4.98 Å². The summed E-state index contributed by atoms with van der Waals surface area (Å²) < 4.78 is 12.6. The summed E-state index contributed by atoms with van der Waals surface area (Å²) >= 11 is 0. The molecule has 0 bridgehead atoms. The van der Waals surface area contributed by atoms with Crippen molar-refractivity contribution in [2.75, 3.05) is 25.2 Å². The smallest absolute Gasteiger partial charge is 0.246 e. The van der Waals surface area contributed by atoms with Gasteiger partial charge in [-0.1, -0.05) is 12.1 Å². The fourth-order valence-electron chi connectivity index (χ4n) is 4.02. The Bertz CT molecular complexity index is 1160. The van der Waals surface area contributed by atoms with Gasteiger partial charge in [0.15, 0.2) is 11.5 Å². The second-order valence-electron chi connectivity index (χ2n) is 8.05. The Morgan fingerprint density at radius 1 is 1.03 bits per heavy atom. The molecule has 2 aliphatic rings. The van der Waals surface area contributed by atoms with E-state index in [-0.39, 0.29) is 24.5 Å². The monoisotopic (exact) mass is 444 g/mol. The van der Waals surface area contributed by atoms with Gasteiger partial charge in [0.05, 0.1) is 6.33 Å². The van der Waals surface area contributed by atoms with Crippen molar-refractivity contribution in [3.05, 3.63) is 72.8 Å². The molecule has 8 nitrogen and oxygen atoms in total. The minimum atomic E-state index is -0.126. The SMILES string of the molecule is O=C(Nc1ccc2c(c1)OCO2)C1CCN(C(=O)/C=C/c2ccc(-n3ccnc3)cc2)CC1. The van der Waals surface area contributed by atoms with Crippen LogP contribution in [0.4, 0.5) is 5.69 Å². The Balaban J connectivity index is 1.11. The van der Waals surface area contributed by atoms with Crippen LogP contribution >= 0.6 is 0 Å². The predicted molar refractivity (Wildman–Crippen MR) is 123 cm³/mol. The lowest BCUT2D eigenvalue weighted by Gasteiger charge is -2.30. The number of imidazole rings is 1. The number of nitrogens with one attached hydrogen (secondary N) is 1. The summed E-state index contributed by atoms with van der Waals surface area (Å²) in [7, 11) is 0. The molecule has 1 N–H and O–H groups in total. The van der Waals surface area contributed by atoms with E-state index in [2.05, 4.69) is 10.3 Å². The van der Waals surface area contributed by atoms with Crippen LogP contribution in [-0.4, -0.2) is 46.1 Å². The molecule has 0 unspecified atom stereocenters. The fourth-order valence-corrected chi connectivity index (χ4v) is 4.02. The molecule has 1 aromatic heterocycles. The summed E-state index contributed by atoms with van der Waals surface area (Å²) in [6.07, 6.45) is 10.0. The fraction of sp³-hybridized carbons (Fsp3) is 0.240. The van der Waals surface area contributed by atoms with E-state index in [0.29, 0.717) is 43.1 Å². The average Bonchev–Trinajstić information content (AvgIpc) is 3.55. The van der Waals surface area contributed by atoms with Gasteiger partial charge >= 0.3 is 0 Å². The topological polar surface area (TPSA) is 85.7 Å². The third-order valence-corrected chi connectivity index (χ3v) is 5.93. The number of carbonyl (C=O) groups is 2. The summed E-state index contributed by atoms with van der Waals surface area (Å²) in [5.74, 6) is 1.12. The highest BCUT2D eigenvalue weighted by molar-refractivity contribution is 5.94. The Kier molecular flexibility index (Phi) is 5.80. The number of hydrogen-bond acceptors (Lipinski definition) is 5. The number of anilines is 1. The van der Waals surface area contributed by atoms with Gasteiger partial charge in [0.25, 0.3) is 0 Å². The highest BCUT2D eigenvalue weighted by Crippen LogP contribution is 2.34. The number of likely N-dealkylation sites (tertiary alicyclic amines) is 1. The largest absolute Gasteiger partial charge is 0.454 e. The molecule has 33 heavy (non-hydrogen) atoms. The Morgan fingerprint density at radius 2 is 1.82 bits per heavy atom. The van der Waals surface area contributed by atoms with Gasteiger partial charge in [0, 0.05) is 54.9 Å². The molecule has 1 saturated heterocycles. The first-order valence-electron chi connectivity index (χ1n) is 10.9. The van der Waals surface area contributed by atoms with Crippen molar-refractivity contribution in [2.24, 2.45) is 5.92 Å². The van der Waals surface area contributed by atoms with E-state index in [4.69, 9.17) is 9.47 Å². The van der Waals surface area contributed by atoms with Crippen LogP contribution in [0.2, 0.25) is 0 Å². The summed E-state index contributed by atoms with van der Waals surface area (Å²) in [4.78, 5) is 31.1. The molecular weight excluding hydrogens is 420 g/mol. The minimum absolute atomic E-state index is 0.0329. The van der Waals surface area contributed by atoms with Crippen molar-refractivity contribution < 1.29 is 19.1 Å². The number of amides is 2. The number of fused-ring (bicyclic) bond motifs is 1. The lowest BCUT2D eigenvalue weighted by molar-refractivity contribution is -0.130. The molecule has 5 rings (SSSR count). The zero-order valence-electron chi connectivity index (χ0n) is 18.0. The van der Waals surface area contributed by atoms with E-state index < -0.39 is 0 Å². The molecule has 0 radical (unpaired) electrons. The molecule has 0 aliphatic carbocycles. The van der Waals surface area contributed by atoms with E-state index in [9.17, 15) is 9.59 Å². The van der Waals surface area contributed by atoms with Crippen LogP contribution in [0.5, 0.6) is 11.5 Å². The molecule has 2 aromatic carbocycles. The molecule has 2 aliphatic heterocycles. The van der Waals surface area contributed by atoms with Gasteiger partial charge in [0.1, 0.15) is 0 Å². The molecule has 0 saturated carbocycles. The van der Waals surface area contributed by atoms with Gasteiger partial charge in [-0.05, 0) is 48.7 Å². The quantitative estimate of drug-likeness (QED) is 0.609. The summed E-state index contributed by atoms with van der Waals surface area (Å²) in [5.41, 5.74) is 2.65. The number of hydrogen-bond donors (Lipinski definition) is 1. The minimum Gasteiger partial charge on any atom is -0.454 e. The number of ether oxygens (including phenoxy) is 2. The first kappa shape index (κ1) is 20.8. The predicted octanol–water partition coefficient (Wildman–Crippen LogP) is 3.49. The standard InChI is InChI=1S/C25H24N4O4/c30-24(8-3-18-1-5-21(6-2-18)29-14-11-26-16-29)28-12-9-19(10-13-28)25(31)27-20-4-7-22-23(15-20)33-17-32-22/h1-8,11,14-16,19H,9-10,12-13,17H2,(H,27,31)/b8-3+. The molecule has 2 amide bonds. The van der Waals surface area contributed by atoms with Gasteiger partial charge in [-0.2, -0.15) is 0 Å². The van der Waals surface area contributed by atoms with Crippen LogP contribution in [0, 0.1) is 5.92 Å². The first-order valence-corrected chi connectivity index (χ1v) is 10.9. The zero-order chi connectivity index (χ0) is 22.6. The van der Waals surface area contributed by atoms with E-state index in [1.165, 1.54) is 0 Å². The van der Waals surface area contributed by atoms with Gasteiger partial charge < -0.3 is 24.3 Å². The third-order valence-electron chi connectivity index (χ3n) is 5.93. The number of nitrogens with zero attached hydrogens (tertiary/aromatic N) is 3. The van der Waals surface area contributed by atoms with E-state index >= 15 is 0 Å². The normalized spacial score (nSPS) is 15.7. The zero-order valence-corrected chi connectivity index (χ0v) is 18.0. The van der Waals surface area contributed by atoms with Crippen LogP contribution in [0.15, 0.2) is 67.3 Å². The van der Waals surface area contributed by atoms with Gasteiger partial charge in [-0.15, -0.1) is 0 Å². The highest BCUT2D eigenvalue weighted by atomic mass is 16.7. The molecule has 3 aromatic rings. The van der Waals surface area contributed by atoms with E-state index in [1.54, 1.807) is 41.7 Å². The molecule has 168 valence electrons. The maximum Gasteiger partial charge on any atom is 0.246 e. The number of piperidine rings is 1. The van der Waals surface area contributed by atoms with Crippen molar-refractivity contribution in [1.29, 1.82) is 0 Å². The number of benzene rings is 2. The average molecular weight is 444 g/mol. The number of rotatable bonds is 5. The highest BCUT2D eigenvalue weighted by Gasteiger charge is 2.27. The summed E-state index contributed by atoms with van der Waals surface area (Å²) in [6.45, 7) is 1.31. The van der Waals surface area contributed by atoms with Crippen LogP contribution in [0.3, 0.4) is 0 Å². The number of carbonyl (C=O) groups excluding carboxylic acids is 2. The molecule has 3 heterocycles. The van der Waals surface area contributed by atoms with E-state index in [0.717, 1.165) is 11.3 Å². The van der Waals surface area contributed by atoms with E-state index in [1.807, 2.05) is 41.1 Å². The second-order valence-corrected chi connectivity index (χ2v) is 8.05.